The van der Waals surface area contributed by atoms with Crippen LogP contribution in [0.3, 0.4) is 0 Å². The molecule has 3 N–H and O–H groups in total. The van der Waals surface area contributed by atoms with Crippen molar-refractivity contribution in [2.45, 2.75) is 111 Å². The lowest BCUT2D eigenvalue weighted by Gasteiger charge is -2.27. The largest absolute Gasteiger partial charge is 0.375 e. The number of nitrogens with one attached hydrogen (secondary N) is 3. The van der Waals surface area contributed by atoms with E-state index < -0.39 is 0 Å². The molecule has 0 saturated carbocycles. The van der Waals surface area contributed by atoms with Gasteiger partial charge in [-0.2, -0.15) is 0 Å². The van der Waals surface area contributed by atoms with Crippen LogP contribution in [-0.4, -0.2) is 49.2 Å². The number of ether oxygens (including phenoxy) is 1. The van der Waals surface area contributed by atoms with Gasteiger partial charge in [0.1, 0.15) is 0 Å². The van der Waals surface area contributed by atoms with Crippen LogP contribution in [0.15, 0.2) is 0 Å². The number of carbonyl (C=O) groups is 2. The second-order valence-corrected chi connectivity index (χ2v) is 11.1. The smallest absolute Gasteiger partial charge is 0.219 e. The van der Waals surface area contributed by atoms with Crippen LogP contribution in [0, 0.1) is 5.41 Å². The highest BCUT2D eigenvalue weighted by atomic mass is 16.5. The van der Waals surface area contributed by atoms with Gasteiger partial charge < -0.3 is 20.7 Å². The predicted octanol–water partition coefficient (Wildman–Crippen LogP) is 4.18. The van der Waals surface area contributed by atoms with Gasteiger partial charge in [-0.25, -0.2) is 0 Å². The van der Waals surface area contributed by atoms with Crippen LogP contribution in [-0.2, 0) is 14.3 Å². The normalized spacial score (nSPS) is 12.7. The molecular weight excluding hydrogens is 378 g/mol. The molecule has 2 amide bonds. The summed E-state index contributed by atoms with van der Waals surface area (Å²) in [6.07, 6.45) is 5.14. The molecule has 6 heteroatoms. The van der Waals surface area contributed by atoms with Crippen LogP contribution in [0.4, 0.5) is 0 Å². The topological polar surface area (TPSA) is 79.5 Å². The SMILES string of the molecule is CC(C)(C)CCOC(C)(C)CCNC(=O)CCCCC(=O)NCCCNC(C)(C)C. The summed E-state index contributed by atoms with van der Waals surface area (Å²) in [5.41, 5.74) is 0.142. The number of rotatable bonds is 15. The van der Waals surface area contributed by atoms with Gasteiger partial charge in [-0.05, 0) is 78.7 Å². The van der Waals surface area contributed by atoms with Crippen molar-refractivity contribution in [3.63, 3.8) is 0 Å². The average Bonchev–Trinajstić information content (AvgIpc) is 2.55. The maximum atomic E-state index is 12.0. The van der Waals surface area contributed by atoms with E-state index in [1.165, 1.54) is 0 Å². The Balaban J connectivity index is 3.70. The van der Waals surface area contributed by atoms with E-state index in [1.807, 2.05) is 0 Å². The van der Waals surface area contributed by atoms with Crippen LogP contribution >= 0.6 is 0 Å². The quantitative estimate of drug-likeness (QED) is 0.343. The monoisotopic (exact) mass is 427 g/mol. The Bertz CT molecular complexity index is 491. The molecule has 0 aromatic rings. The zero-order valence-electron chi connectivity index (χ0n) is 21.0. The fraction of sp³-hybridized carbons (Fsp3) is 0.917. The maximum Gasteiger partial charge on any atom is 0.219 e. The molecule has 0 aromatic heterocycles. The Hall–Kier alpha value is -1.14. The third-order valence-electron chi connectivity index (χ3n) is 4.78. The molecule has 0 atom stereocenters. The van der Waals surface area contributed by atoms with E-state index in [2.05, 4.69) is 71.3 Å². The number of unbranched alkanes of at least 4 members (excludes halogenated alkanes) is 1. The number of hydrogen-bond acceptors (Lipinski definition) is 4. The molecule has 0 spiro atoms. The minimum atomic E-state index is -0.237. The molecule has 0 bridgehead atoms. The number of hydrogen-bond donors (Lipinski definition) is 3. The van der Waals surface area contributed by atoms with Gasteiger partial charge in [-0.3, -0.25) is 9.59 Å². The zero-order valence-corrected chi connectivity index (χ0v) is 21.0. The first-order chi connectivity index (χ1) is 13.7. The van der Waals surface area contributed by atoms with Crippen LogP contribution in [0.1, 0.15) is 100 Å². The van der Waals surface area contributed by atoms with Crippen molar-refractivity contribution in [2.24, 2.45) is 5.41 Å². The van der Waals surface area contributed by atoms with Gasteiger partial charge in [0.05, 0.1) is 5.60 Å². The Labute approximate surface area is 185 Å². The van der Waals surface area contributed by atoms with Gasteiger partial charge in [-0.15, -0.1) is 0 Å². The minimum absolute atomic E-state index is 0.0501. The van der Waals surface area contributed by atoms with E-state index >= 15 is 0 Å². The highest BCUT2D eigenvalue weighted by Crippen LogP contribution is 2.21. The highest BCUT2D eigenvalue weighted by Gasteiger charge is 2.20. The third kappa shape index (κ3) is 20.1. The lowest BCUT2D eigenvalue weighted by Crippen LogP contribution is -2.37. The Morgan fingerprint density at radius 3 is 1.73 bits per heavy atom. The summed E-state index contributed by atoms with van der Waals surface area (Å²) in [4.78, 5) is 23.8. The molecule has 6 nitrogen and oxygen atoms in total. The number of amides is 2. The van der Waals surface area contributed by atoms with Gasteiger partial charge in [0.2, 0.25) is 11.8 Å². The van der Waals surface area contributed by atoms with E-state index in [9.17, 15) is 9.59 Å². The fourth-order valence-electron chi connectivity index (χ4n) is 2.74. The lowest BCUT2D eigenvalue weighted by atomic mass is 9.93. The van der Waals surface area contributed by atoms with Crippen LogP contribution < -0.4 is 16.0 Å². The Morgan fingerprint density at radius 1 is 0.700 bits per heavy atom. The molecule has 0 saturated heterocycles. The predicted molar refractivity (Wildman–Crippen MR) is 126 cm³/mol. The third-order valence-corrected chi connectivity index (χ3v) is 4.78. The summed E-state index contributed by atoms with van der Waals surface area (Å²) in [5.74, 6) is 0.120. The van der Waals surface area contributed by atoms with Gasteiger partial charge in [0.25, 0.3) is 0 Å². The van der Waals surface area contributed by atoms with Crippen LogP contribution in [0.2, 0.25) is 0 Å². The molecule has 0 aliphatic carbocycles. The summed E-state index contributed by atoms with van der Waals surface area (Å²) in [6.45, 7) is 20.1. The van der Waals surface area contributed by atoms with Crippen LogP contribution in [0.5, 0.6) is 0 Å². The van der Waals surface area contributed by atoms with Crippen molar-refractivity contribution in [2.75, 3.05) is 26.2 Å². The average molecular weight is 428 g/mol. The highest BCUT2D eigenvalue weighted by molar-refractivity contribution is 5.77. The maximum absolute atomic E-state index is 12.0. The standard InChI is InChI=1S/C24H49N3O3/c1-22(2,3)15-19-30-24(7,8)14-18-26-21(29)13-10-9-12-20(28)25-16-11-17-27-23(4,5)6/h27H,9-19H2,1-8H3,(H,25,28)(H,26,29). The molecule has 178 valence electrons. The fourth-order valence-corrected chi connectivity index (χ4v) is 2.74. The van der Waals surface area contributed by atoms with Gasteiger partial charge >= 0.3 is 0 Å². The molecule has 0 aliphatic heterocycles. The second-order valence-electron chi connectivity index (χ2n) is 11.1. The summed E-state index contributed by atoms with van der Waals surface area (Å²) in [5, 5.41) is 9.31. The molecule has 30 heavy (non-hydrogen) atoms. The molecule has 0 unspecified atom stereocenters. The van der Waals surface area contributed by atoms with Crippen molar-refractivity contribution in [3.05, 3.63) is 0 Å². The molecular formula is C24H49N3O3. The van der Waals surface area contributed by atoms with Gasteiger partial charge in [0, 0.05) is 38.1 Å². The van der Waals surface area contributed by atoms with Crippen LogP contribution in [0.25, 0.3) is 0 Å². The first-order valence-electron chi connectivity index (χ1n) is 11.6. The van der Waals surface area contributed by atoms with Crippen molar-refractivity contribution >= 4 is 11.8 Å². The molecule has 0 aliphatic rings. The van der Waals surface area contributed by atoms with Crippen molar-refractivity contribution in [1.29, 1.82) is 0 Å². The van der Waals surface area contributed by atoms with E-state index in [-0.39, 0.29) is 28.4 Å². The Morgan fingerprint density at radius 2 is 1.23 bits per heavy atom. The minimum Gasteiger partial charge on any atom is -0.375 e. The summed E-state index contributed by atoms with van der Waals surface area (Å²) in [6, 6.07) is 0. The number of carbonyl (C=O) groups excluding carboxylic acids is 2. The summed E-state index contributed by atoms with van der Waals surface area (Å²) in [7, 11) is 0. The molecule has 0 radical (unpaired) electrons. The van der Waals surface area contributed by atoms with Crippen molar-refractivity contribution < 1.29 is 14.3 Å². The molecule has 0 fully saturated rings. The molecule has 0 rings (SSSR count). The first-order valence-corrected chi connectivity index (χ1v) is 11.6. The van der Waals surface area contributed by atoms with Crippen molar-refractivity contribution in [3.8, 4) is 0 Å². The van der Waals surface area contributed by atoms with E-state index in [4.69, 9.17) is 4.74 Å². The lowest BCUT2D eigenvalue weighted by molar-refractivity contribution is -0.123. The molecule has 0 aromatic carbocycles. The van der Waals surface area contributed by atoms with Gasteiger partial charge in [-0.1, -0.05) is 20.8 Å². The van der Waals surface area contributed by atoms with Gasteiger partial charge in [0.15, 0.2) is 0 Å². The second kappa shape index (κ2) is 14.0. The summed E-state index contributed by atoms with van der Waals surface area (Å²) >= 11 is 0. The van der Waals surface area contributed by atoms with E-state index in [0.29, 0.717) is 25.9 Å². The van der Waals surface area contributed by atoms with E-state index in [1.54, 1.807) is 0 Å². The Kier molecular flexibility index (Phi) is 13.5. The zero-order chi connectivity index (χ0) is 23.3. The molecule has 0 heterocycles. The van der Waals surface area contributed by atoms with Crippen molar-refractivity contribution in [1.82, 2.24) is 16.0 Å². The first kappa shape index (κ1) is 28.9. The van der Waals surface area contributed by atoms with E-state index in [0.717, 1.165) is 45.3 Å². The summed E-state index contributed by atoms with van der Waals surface area (Å²) < 4.78 is 5.98.